The van der Waals surface area contributed by atoms with Crippen LogP contribution in [0.2, 0.25) is 0 Å². The maximum Gasteiger partial charge on any atom is 0.132 e. The van der Waals surface area contributed by atoms with Gasteiger partial charge in [-0.05, 0) is 43.2 Å². The van der Waals surface area contributed by atoms with Gasteiger partial charge in [-0.2, -0.15) is 0 Å². The normalized spacial score (nSPS) is 29.7. The number of hydrogen-bond donors (Lipinski definition) is 0. The van der Waals surface area contributed by atoms with E-state index < -0.39 is 5.82 Å². The Balaban J connectivity index is 2.44. The molecule has 1 aliphatic rings. The van der Waals surface area contributed by atoms with E-state index in [9.17, 15) is 8.78 Å². The second kappa shape index (κ2) is 4.44. The second-order valence-electron chi connectivity index (χ2n) is 4.65. The highest BCUT2D eigenvalue weighted by molar-refractivity contribution is 9.09. The molecule has 0 nitrogen and oxygen atoms in total. The smallest absolute Gasteiger partial charge is 0.132 e. The highest BCUT2D eigenvalue weighted by Crippen LogP contribution is 2.44. The van der Waals surface area contributed by atoms with Crippen LogP contribution in [-0.2, 0) is 0 Å². The molecule has 0 radical (unpaired) electrons. The van der Waals surface area contributed by atoms with Crippen LogP contribution in [0.4, 0.5) is 8.78 Å². The van der Waals surface area contributed by atoms with Crippen molar-refractivity contribution in [3.05, 3.63) is 34.9 Å². The van der Waals surface area contributed by atoms with Crippen molar-refractivity contribution in [1.29, 1.82) is 0 Å². The zero-order valence-electron chi connectivity index (χ0n) is 9.43. The maximum atomic E-state index is 14.0. The lowest BCUT2D eigenvalue weighted by molar-refractivity contribution is 0.470. The number of alkyl halides is 1. The predicted molar refractivity (Wildman–Crippen MR) is 64.9 cm³/mol. The summed E-state index contributed by atoms with van der Waals surface area (Å²) in [7, 11) is 0. The largest absolute Gasteiger partial charge is 0.207 e. The van der Waals surface area contributed by atoms with E-state index in [0.29, 0.717) is 10.4 Å². The van der Waals surface area contributed by atoms with Gasteiger partial charge in [-0.25, -0.2) is 8.78 Å². The summed E-state index contributed by atoms with van der Waals surface area (Å²) in [5, 5.41) is 0. The van der Waals surface area contributed by atoms with Gasteiger partial charge in [-0.15, -0.1) is 0 Å². The first-order valence-corrected chi connectivity index (χ1v) is 6.52. The lowest BCUT2D eigenvalue weighted by Crippen LogP contribution is -2.12. The molecule has 1 aromatic carbocycles. The Labute approximate surface area is 103 Å². The molecular weight excluding hydrogens is 274 g/mol. The molecular formula is C13H15BrF2. The quantitative estimate of drug-likeness (QED) is 0.665. The molecule has 3 atom stereocenters. The molecule has 0 aliphatic heterocycles. The molecule has 0 amide bonds. The minimum Gasteiger partial charge on any atom is -0.207 e. The SMILES string of the molecule is Cc1ccc(F)c(C2CCC(Br)C2C)c1F. The van der Waals surface area contributed by atoms with Gasteiger partial charge < -0.3 is 0 Å². The molecule has 1 aromatic rings. The molecule has 3 heteroatoms. The van der Waals surface area contributed by atoms with Crippen LogP contribution in [-0.4, -0.2) is 4.83 Å². The molecule has 3 unspecified atom stereocenters. The number of aryl methyl sites for hydroxylation is 1. The summed E-state index contributed by atoms with van der Waals surface area (Å²) in [4.78, 5) is 0.372. The lowest BCUT2D eigenvalue weighted by atomic mass is 9.88. The molecule has 0 N–H and O–H groups in total. The zero-order chi connectivity index (χ0) is 11.9. The molecule has 0 saturated heterocycles. The molecule has 16 heavy (non-hydrogen) atoms. The van der Waals surface area contributed by atoms with E-state index in [0.717, 1.165) is 12.8 Å². The van der Waals surface area contributed by atoms with E-state index in [1.54, 1.807) is 6.92 Å². The molecule has 1 saturated carbocycles. The fraction of sp³-hybridized carbons (Fsp3) is 0.538. The van der Waals surface area contributed by atoms with E-state index in [1.807, 2.05) is 0 Å². The first kappa shape index (κ1) is 12.0. The van der Waals surface area contributed by atoms with Gasteiger partial charge in [0.15, 0.2) is 0 Å². The number of benzene rings is 1. The van der Waals surface area contributed by atoms with Crippen LogP contribution in [0.25, 0.3) is 0 Å². The van der Waals surface area contributed by atoms with E-state index in [-0.39, 0.29) is 23.2 Å². The van der Waals surface area contributed by atoms with Gasteiger partial charge in [0.05, 0.1) is 0 Å². The van der Waals surface area contributed by atoms with Crippen LogP contribution < -0.4 is 0 Å². The lowest BCUT2D eigenvalue weighted by Gasteiger charge is -2.19. The van der Waals surface area contributed by atoms with Crippen molar-refractivity contribution in [2.24, 2.45) is 5.92 Å². The van der Waals surface area contributed by atoms with Gasteiger partial charge >= 0.3 is 0 Å². The molecule has 0 spiro atoms. The average molecular weight is 289 g/mol. The van der Waals surface area contributed by atoms with Crippen LogP contribution in [0.3, 0.4) is 0 Å². The summed E-state index contributed by atoms with van der Waals surface area (Å²) < 4.78 is 27.7. The zero-order valence-corrected chi connectivity index (χ0v) is 11.0. The third-order valence-electron chi connectivity index (χ3n) is 3.65. The van der Waals surface area contributed by atoms with E-state index in [1.165, 1.54) is 12.1 Å². The van der Waals surface area contributed by atoms with Crippen LogP contribution >= 0.6 is 15.9 Å². The number of rotatable bonds is 1. The van der Waals surface area contributed by atoms with Crippen molar-refractivity contribution in [3.8, 4) is 0 Å². The van der Waals surface area contributed by atoms with Crippen LogP contribution in [0, 0.1) is 24.5 Å². The summed E-state index contributed by atoms with van der Waals surface area (Å²) in [5.41, 5.74) is 0.816. The number of hydrogen-bond acceptors (Lipinski definition) is 0. The first-order valence-electron chi connectivity index (χ1n) is 5.61. The second-order valence-corrected chi connectivity index (χ2v) is 5.83. The van der Waals surface area contributed by atoms with Crippen molar-refractivity contribution in [3.63, 3.8) is 0 Å². The maximum absolute atomic E-state index is 14.0. The summed E-state index contributed by atoms with van der Waals surface area (Å²) in [5.74, 6) is -0.477. The Bertz CT molecular complexity index is 403. The predicted octanol–water partition coefficient (Wildman–Crippen LogP) is 4.55. The first-order chi connectivity index (χ1) is 7.52. The van der Waals surface area contributed by atoms with Gasteiger partial charge in [0.25, 0.3) is 0 Å². The summed E-state index contributed by atoms with van der Waals surface area (Å²) >= 11 is 3.56. The molecule has 0 heterocycles. The van der Waals surface area contributed by atoms with E-state index >= 15 is 0 Å². The summed E-state index contributed by atoms with van der Waals surface area (Å²) in [6, 6.07) is 2.88. The fourth-order valence-corrected chi connectivity index (χ4v) is 3.17. The van der Waals surface area contributed by atoms with Crippen molar-refractivity contribution in [2.75, 3.05) is 0 Å². The van der Waals surface area contributed by atoms with Crippen molar-refractivity contribution >= 4 is 15.9 Å². The summed E-state index contributed by atoms with van der Waals surface area (Å²) in [6.07, 6.45) is 1.84. The van der Waals surface area contributed by atoms with Gasteiger partial charge in [0, 0.05) is 10.4 Å². The minimum absolute atomic E-state index is 0.00396. The Morgan fingerprint density at radius 1 is 1.25 bits per heavy atom. The van der Waals surface area contributed by atoms with Crippen molar-refractivity contribution in [1.82, 2.24) is 0 Å². The molecule has 1 aliphatic carbocycles. The standard InChI is InChI=1S/C13H15BrF2/c1-7-3-6-11(15)12(13(7)16)9-4-5-10(14)8(9)2/h3,6,8-10H,4-5H2,1-2H3. The molecule has 1 fully saturated rings. The van der Waals surface area contributed by atoms with Crippen LogP contribution in [0.5, 0.6) is 0 Å². The highest BCUT2D eigenvalue weighted by atomic mass is 79.9. The fourth-order valence-electron chi connectivity index (χ4n) is 2.54. The van der Waals surface area contributed by atoms with Gasteiger partial charge in [0.2, 0.25) is 0 Å². The van der Waals surface area contributed by atoms with E-state index in [4.69, 9.17) is 0 Å². The third kappa shape index (κ3) is 1.90. The Morgan fingerprint density at radius 2 is 1.94 bits per heavy atom. The monoisotopic (exact) mass is 288 g/mol. The van der Waals surface area contributed by atoms with Crippen molar-refractivity contribution < 1.29 is 8.78 Å². The Morgan fingerprint density at radius 3 is 2.50 bits per heavy atom. The van der Waals surface area contributed by atoms with E-state index in [2.05, 4.69) is 22.9 Å². The highest BCUT2D eigenvalue weighted by Gasteiger charge is 2.35. The van der Waals surface area contributed by atoms with Gasteiger partial charge in [-0.1, -0.05) is 28.9 Å². The molecule has 0 aromatic heterocycles. The van der Waals surface area contributed by atoms with Crippen LogP contribution in [0.1, 0.15) is 36.8 Å². The van der Waals surface area contributed by atoms with Gasteiger partial charge in [-0.3, -0.25) is 0 Å². The molecule has 2 rings (SSSR count). The number of halogens is 3. The Kier molecular flexibility index (Phi) is 3.34. The third-order valence-corrected chi connectivity index (χ3v) is 4.94. The topological polar surface area (TPSA) is 0 Å². The molecule has 88 valence electrons. The Hall–Kier alpha value is -0.440. The van der Waals surface area contributed by atoms with Gasteiger partial charge in [0.1, 0.15) is 11.6 Å². The average Bonchev–Trinajstić information content (AvgIpc) is 2.56. The summed E-state index contributed by atoms with van der Waals surface area (Å²) in [6.45, 7) is 3.74. The molecule has 0 bridgehead atoms. The van der Waals surface area contributed by atoms with Crippen molar-refractivity contribution in [2.45, 2.75) is 37.4 Å². The van der Waals surface area contributed by atoms with Crippen LogP contribution in [0.15, 0.2) is 12.1 Å². The minimum atomic E-state index is -0.401.